The molecule has 0 fully saturated rings. The molecule has 0 spiro atoms. The van der Waals surface area contributed by atoms with Crippen molar-refractivity contribution in [3.63, 3.8) is 0 Å². The van der Waals surface area contributed by atoms with Gasteiger partial charge in [0.25, 0.3) is 5.91 Å². The first-order chi connectivity index (χ1) is 13.7. The highest BCUT2D eigenvalue weighted by molar-refractivity contribution is 7.98. The average Bonchev–Trinajstić information content (AvgIpc) is 3.22. The molecule has 0 aliphatic heterocycles. The Morgan fingerprint density at radius 2 is 2.11 bits per heavy atom. The molecule has 1 amide bonds. The third-order valence-corrected chi connectivity index (χ3v) is 5.06. The van der Waals surface area contributed by atoms with E-state index in [1.807, 2.05) is 18.2 Å². The van der Waals surface area contributed by atoms with Crippen LogP contribution < -0.4 is 10.1 Å². The Hall–Kier alpha value is -3.46. The minimum Gasteiger partial charge on any atom is -0.481 e. The number of thioether (sulfide) groups is 1. The molecule has 0 saturated heterocycles. The van der Waals surface area contributed by atoms with Gasteiger partial charge in [-0.15, -0.1) is 11.8 Å². The molecule has 0 saturated carbocycles. The van der Waals surface area contributed by atoms with E-state index in [0.29, 0.717) is 28.5 Å². The van der Waals surface area contributed by atoms with Crippen LogP contribution in [0.4, 0.5) is 5.69 Å². The van der Waals surface area contributed by atoms with Gasteiger partial charge in [-0.3, -0.25) is 9.89 Å². The molecule has 0 aliphatic rings. The van der Waals surface area contributed by atoms with E-state index < -0.39 is 0 Å². The lowest BCUT2D eigenvalue weighted by atomic mass is 10.1. The van der Waals surface area contributed by atoms with Crippen LogP contribution in [0, 0.1) is 0 Å². The Balaban J connectivity index is 1.44. The molecule has 3 aromatic heterocycles. The second kappa shape index (κ2) is 8.05. The van der Waals surface area contributed by atoms with Gasteiger partial charge in [-0.1, -0.05) is 12.1 Å². The molecule has 2 N–H and O–H groups in total. The van der Waals surface area contributed by atoms with Gasteiger partial charge in [0.05, 0.1) is 30.6 Å². The SMILES string of the molecule is COc1ccc(NC(=O)c2cccc(CSc3ncnc4[nH]ncc34)c2)cn1. The molecule has 140 valence electrons. The molecule has 8 nitrogen and oxygen atoms in total. The quantitative estimate of drug-likeness (QED) is 0.383. The van der Waals surface area contributed by atoms with Crippen molar-refractivity contribution in [3.8, 4) is 5.88 Å². The fourth-order valence-electron chi connectivity index (χ4n) is 2.59. The summed E-state index contributed by atoms with van der Waals surface area (Å²) < 4.78 is 5.02. The fraction of sp³-hybridized carbons (Fsp3) is 0.105. The standard InChI is InChI=1S/C19H16N6O2S/c1-27-16-6-5-14(8-20-16)24-18(26)13-4-2-3-12(7-13)10-28-19-15-9-23-25-17(15)21-11-22-19/h2-9,11H,10H2,1H3,(H,24,26)(H,21,22,23,25). The molecule has 4 rings (SSSR count). The molecule has 3 heterocycles. The monoisotopic (exact) mass is 392 g/mol. The third kappa shape index (κ3) is 3.94. The Morgan fingerprint density at radius 1 is 1.18 bits per heavy atom. The first kappa shape index (κ1) is 17.9. The number of carbonyl (C=O) groups is 1. The minimum atomic E-state index is -0.196. The number of aromatic amines is 1. The summed E-state index contributed by atoms with van der Waals surface area (Å²) in [5.74, 6) is 0.967. The number of H-pyrrole nitrogens is 1. The normalized spacial score (nSPS) is 10.8. The summed E-state index contributed by atoms with van der Waals surface area (Å²) in [5.41, 5.74) is 2.90. The Kier molecular flexibility index (Phi) is 5.16. The van der Waals surface area contributed by atoms with Crippen molar-refractivity contribution < 1.29 is 9.53 Å². The van der Waals surface area contributed by atoms with Crippen molar-refractivity contribution in [1.82, 2.24) is 25.1 Å². The zero-order valence-corrected chi connectivity index (χ0v) is 15.7. The number of hydrogen-bond donors (Lipinski definition) is 2. The number of nitrogens with zero attached hydrogens (tertiary/aromatic N) is 4. The van der Waals surface area contributed by atoms with Crippen LogP contribution in [0.3, 0.4) is 0 Å². The highest BCUT2D eigenvalue weighted by atomic mass is 32.2. The smallest absolute Gasteiger partial charge is 0.255 e. The number of pyridine rings is 1. The van der Waals surface area contributed by atoms with Crippen molar-refractivity contribution in [2.75, 3.05) is 12.4 Å². The van der Waals surface area contributed by atoms with E-state index in [1.165, 1.54) is 6.33 Å². The first-order valence-corrected chi connectivity index (χ1v) is 9.39. The number of ether oxygens (including phenoxy) is 1. The summed E-state index contributed by atoms with van der Waals surface area (Å²) in [4.78, 5) is 25.1. The zero-order valence-electron chi connectivity index (χ0n) is 14.9. The van der Waals surface area contributed by atoms with Crippen LogP contribution in [0.2, 0.25) is 0 Å². The Bertz CT molecular complexity index is 1110. The molecule has 0 unspecified atom stereocenters. The van der Waals surface area contributed by atoms with E-state index >= 15 is 0 Å². The van der Waals surface area contributed by atoms with Crippen molar-refractivity contribution in [3.05, 3.63) is 66.2 Å². The molecule has 28 heavy (non-hydrogen) atoms. The summed E-state index contributed by atoms with van der Waals surface area (Å²) in [7, 11) is 1.54. The van der Waals surface area contributed by atoms with E-state index in [9.17, 15) is 4.79 Å². The number of methoxy groups -OCH3 is 1. The molecule has 0 bridgehead atoms. The van der Waals surface area contributed by atoms with Crippen LogP contribution in [-0.4, -0.2) is 38.2 Å². The minimum absolute atomic E-state index is 0.196. The molecule has 1 aromatic carbocycles. The van der Waals surface area contributed by atoms with Crippen LogP contribution >= 0.6 is 11.8 Å². The second-order valence-corrected chi connectivity index (χ2v) is 6.81. The average molecular weight is 392 g/mol. The van der Waals surface area contributed by atoms with Gasteiger partial charge in [-0.05, 0) is 23.8 Å². The van der Waals surface area contributed by atoms with Gasteiger partial charge >= 0.3 is 0 Å². The van der Waals surface area contributed by atoms with Gasteiger partial charge in [0.2, 0.25) is 5.88 Å². The molecular weight excluding hydrogens is 376 g/mol. The molecule has 0 radical (unpaired) electrons. The summed E-state index contributed by atoms with van der Waals surface area (Å²) in [6.45, 7) is 0. The number of fused-ring (bicyclic) bond motifs is 1. The largest absolute Gasteiger partial charge is 0.481 e. The number of anilines is 1. The van der Waals surface area contributed by atoms with E-state index in [-0.39, 0.29) is 5.91 Å². The van der Waals surface area contributed by atoms with Gasteiger partial charge in [0, 0.05) is 17.4 Å². The number of rotatable bonds is 6. The maximum absolute atomic E-state index is 12.5. The number of aromatic nitrogens is 5. The molecule has 0 atom stereocenters. The predicted molar refractivity (Wildman–Crippen MR) is 106 cm³/mol. The van der Waals surface area contributed by atoms with E-state index in [2.05, 4.69) is 30.5 Å². The molecule has 9 heteroatoms. The van der Waals surface area contributed by atoms with Gasteiger partial charge in [-0.2, -0.15) is 5.10 Å². The highest BCUT2D eigenvalue weighted by Crippen LogP contribution is 2.26. The van der Waals surface area contributed by atoms with Crippen molar-refractivity contribution >= 4 is 34.4 Å². The predicted octanol–water partition coefficient (Wildman–Crippen LogP) is 3.30. The van der Waals surface area contributed by atoms with Gasteiger partial charge in [0.15, 0.2) is 5.65 Å². The number of benzene rings is 1. The van der Waals surface area contributed by atoms with Crippen LogP contribution in [0.1, 0.15) is 15.9 Å². The second-order valence-electron chi connectivity index (χ2n) is 5.84. The Labute approximate surface area is 164 Å². The van der Waals surface area contributed by atoms with Crippen LogP contribution in [0.5, 0.6) is 5.88 Å². The van der Waals surface area contributed by atoms with Gasteiger partial charge in [-0.25, -0.2) is 15.0 Å². The first-order valence-electron chi connectivity index (χ1n) is 8.40. The number of hydrogen-bond acceptors (Lipinski definition) is 7. The summed E-state index contributed by atoms with van der Waals surface area (Å²) in [5, 5.41) is 11.4. The molecule has 0 aliphatic carbocycles. The summed E-state index contributed by atoms with van der Waals surface area (Å²) in [6, 6.07) is 10.9. The maximum atomic E-state index is 12.5. The van der Waals surface area contributed by atoms with E-state index in [4.69, 9.17) is 4.74 Å². The topological polar surface area (TPSA) is 106 Å². The number of nitrogens with one attached hydrogen (secondary N) is 2. The van der Waals surface area contributed by atoms with Gasteiger partial charge < -0.3 is 10.1 Å². The molecular formula is C19H16N6O2S. The summed E-state index contributed by atoms with van der Waals surface area (Å²) >= 11 is 1.57. The number of amides is 1. The maximum Gasteiger partial charge on any atom is 0.255 e. The lowest BCUT2D eigenvalue weighted by Gasteiger charge is -2.07. The van der Waals surface area contributed by atoms with Crippen LogP contribution in [-0.2, 0) is 5.75 Å². The van der Waals surface area contributed by atoms with Crippen molar-refractivity contribution in [2.24, 2.45) is 0 Å². The van der Waals surface area contributed by atoms with Crippen LogP contribution in [0.15, 0.2) is 60.1 Å². The lowest BCUT2D eigenvalue weighted by molar-refractivity contribution is 0.102. The van der Waals surface area contributed by atoms with Crippen molar-refractivity contribution in [1.29, 1.82) is 0 Å². The van der Waals surface area contributed by atoms with Crippen LogP contribution in [0.25, 0.3) is 11.0 Å². The van der Waals surface area contributed by atoms with Crippen molar-refractivity contribution in [2.45, 2.75) is 10.8 Å². The third-order valence-electron chi connectivity index (χ3n) is 3.98. The highest BCUT2D eigenvalue weighted by Gasteiger charge is 2.10. The lowest BCUT2D eigenvalue weighted by Crippen LogP contribution is -2.12. The summed E-state index contributed by atoms with van der Waals surface area (Å²) in [6.07, 6.45) is 4.78. The van der Waals surface area contributed by atoms with Gasteiger partial charge in [0.1, 0.15) is 11.4 Å². The zero-order chi connectivity index (χ0) is 19.3. The van der Waals surface area contributed by atoms with E-state index in [1.54, 1.807) is 49.5 Å². The fourth-order valence-corrected chi connectivity index (χ4v) is 3.50. The number of carbonyl (C=O) groups excluding carboxylic acids is 1. The Morgan fingerprint density at radius 3 is 2.93 bits per heavy atom. The van der Waals surface area contributed by atoms with E-state index in [0.717, 1.165) is 16.0 Å². The molecule has 4 aromatic rings.